The van der Waals surface area contributed by atoms with E-state index in [0.717, 1.165) is 6.42 Å². The molecular weight excluding hydrogens is 158 g/mol. The van der Waals surface area contributed by atoms with E-state index in [1.54, 1.807) is 6.07 Å². The standard InChI is InChI=1S/C8H13NO3/c1-2-5-12-8(11)6-7(10)3-4-9/h7,10H,2-3,5-6H2,1H3. The van der Waals surface area contributed by atoms with E-state index in [9.17, 15) is 4.79 Å². The van der Waals surface area contributed by atoms with Gasteiger partial charge in [0.2, 0.25) is 0 Å². The van der Waals surface area contributed by atoms with Crippen LogP contribution in [0.4, 0.5) is 0 Å². The largest absolute Gasteiger partial charge is 0.466 e. The molecule has 0 heterocycles. The van der Waals surface area contributed by atoms with Crippen molar-refractivity contribution in [3.8, 4) is 6.07 Å². The van der Waals surface area contributed by atoms with E-state index in [2.05, 4.69) is 0 Å². The summed E-state index contributed by atoms with van der Waals surface area (Å²) in [7, 11) is 0. The summed E-state index contributed by atoms with van der Waals surface area (Å²) in [6.07, 6.45) is -0.242. The third kappa shape index (κ3) is 5.69. The first-order valence-corrected chi connectivity index (χ1v) is 3.91. The number of nitriles is 1. The van der Waals surface area contributed by atoms with Gasteiger partial charge in [-0.15, -0.1) is 0 Å². The third-order valence-corrected chi connectivity index (χ3v) is 1.20. The van der Waals surface area contributed by atoms with E-state index in [-0.39, 0.29) is 12.8 Å². The average molecular weight is 171 g/mol. The van der Waals surface area contributed by atoms with Gasteiger partial charge < -0.3 is 9.84 Å². The molecule has 68 valence electrons. The van der Waals surface area contributed by atoms with Crippen LogP contribution >= 0.6 is 0 Å². The number of rotatable bonds is 5. The number of carbonyl (C=O) groups excluding carboxylic acids is 1. The third-order valence-electron chi connectivity index (χ3n) is 1.20. The van der Waals surface area contributed by atoms with Gasteiger partial charge in [0.15, 0.2) is 0 Å². The molecule has 0 bridgehead atoms. The van der Waals surface area contributed by atoms with Crippen molar-refractivity contribution in [2.45, 2.75) is 32.3 Å². The highest BCUT2D eigenvalue weighted by atomic mass is 16.5. The van der Waals surface area contributed by atoms with Crippen LogP contribution in [0.15, 0.2) is 0 Å². The van der Waals surface area contributed by atoms with Crippen molar-refractivity contribution in [1.82, 2.24) is 0 Å². The molecule has 0 aliphatic rings. The normalized spacial score (nSPS) is 11.8. The maximum absolute atomic E-state index is 10.8. The second-order valence-corrected chi connectivity index (χ2v) is 2.44. The van der Waals surface area contributed by atoms with Crippen molar-refractivity contribution in [3.63, 3.8) is 0 Å². The van der Waals surface area contributed by atoms with Crippen LogP contribution in [0.25, 0.3) is 0 Å². The lowest BCUT2D eigenvalue weighted by Gasteiger charge is -2.05. The van der Waals surface area contributed by atoms with Gasteiger partial charge in [-0.2, -0.15) is 5.26 Å². The molecule has 0 fully saturated rings. The lowest BCUT2D eigenvalue weighted by Crippen LogP contribution is -2.15. The van der Waals surface area contributed by atoms with Crippen LogP contribution < -0.4 is 0 Å². The van der Waals surface area contributed by atoms with Gasteiger partial charge in [0, 0.05) is 0 Å². The lowest BCUT2D eigenvalue weighted by molar-refractivity contribution is -0.145. The number of hydrogen-bond donors (Lipinski definition) is 1. The molecule has 0 aliphatic carbocycles. The van der Waals surface area contributed by atoms with Crippen LogP contribution in [0.2, 0.25) is 0 Å². The highest BCUT2D eigenvalue weighted by Gasteiger charge is 2.10. The Hall–Kier alpha value is -1.08. The van der Waals surface area contributed by atoms with E-state index < -0.39 is 12.1 Å². The number of nitrogens with zero attached hydrogens (tertiary/aromatic N) is 1. The monoisotopic (exact) mass is 171 g/mol. The maximum atomic E-state index is 10.8. The Morgan fingerprint density at radius 1 is 1.75 bits per heavy atom. The molecule has 1 N–H and O–H groups in total. The molecule has 4 nitrogen and oxygen atoms in total. The van der Waals surface area contributed by atoms with E-state index in [1.807, 2.05) is 6.92 Å². The molecule has 0 aromatic carbocycles. The van der Waals surface area contributed by atoms with Crippen molar-refractivity contribution in [3.05, 3.63) is 0 Å². The molecule has 1 unspecified atom stereocenters. The number of carbonyl (C=O) groups is 1. The van der Waals surface area contributed by atoms with Gasteiger partial charge in [0.1, 0.15) is 0 Å². The zero-order valence-electron chi connectivity index (χ0n) is 7.12. The molecule has 0 saturated carbocycles. The minimum atomic E-state index is -0.889. The minimum absolute atomic E-state index is 0.0266. The van der Waals surface area contributed by atoms with E-state index >= 15 is 0 Å². The number of esters is 1. The van der Waals surface area contributed by atoms with Crippen LogP contribution in [0, 0.1) is 11.3 Å². The highest BCUT2D eigenvalue weighted by Crippen LogP contribution is 1.98. The molecule has 0 aromatic rings. The molecule has 12 heavy (non-hydrogen) atoms. The Bertz CT molecular complexity index is 174. The number of aliphatic hydroxyl groups excluding tert-OH is 1. The molecule has 0 aliphatic heterocycles. The Labute approximate surface area is 71.8 Å². The Morgan fingerprint density at radius 2 is 2.42 bits per heavy atom. The minimum Gasteiger partial charge on any atom is -0.466 e. The zero-order valence-corrected chi connectivity index (χ0v) is 7.12. The second kappa shape index (κ2) is 6.62. The summed E-state index contributed by atoms with van der Waals surface area (Å²) in [6, 6.07) is 1.77. The van der Waals surface area contributed by atoms with Crippen LogP contribution in [-0.4, -0.2) is 23.8 Å². The smallest absolute Gasteiger partial charge is 0.308 e. The summed E-state index contributed by atoms with van der Waals surface area (Å²) in [5, 5.41) is 17.2. The van der Waals surface area contributed by atoms with Gasteiger partial charge in [-0.25, -0.2) is 0 Å². The molecule has 4 heteroatoms. The highest BCUT2D eigenvalue weighted by molar-refractivity contribution is 5.69. The Balaban J connectivity index is 3.48. The summed E-state index contributed by atoms with van der Waals surface area (Å²) < 4.78 is 4.70. The van der Waals surface area contributed by atoms with Gasteiger partial charge >= 0.3 is 5.97 Å². The van der Waals surface area contributed by atoms with Gasteiger partial charge in [0.05, 0.1) is 31.6 Å². The summed E-state index contributed by atoms with van der Waals surface area (Å²) in [6.45, 7) is 2.26. The fourth-order valence-corrected chi connectivity index (χ4v) is 0.645. The van der Waals surface area contributed by atoms with Gasteiger partial charge in [0.25, 0.3) is 0 Å². The first kappa shape index (κ1) is 10.9. The van der Waals surface area contributed by atoms with Crippen LogP contribution in [0.5, 0.6) is 0 Å². The predicted molar refractivity (Wildman–Crippen MR) is 42.1 cm³/mol. The van der Waals surface area contributed by atoms with E-state index in [1.165, 1.54) is 0 Å². The number of ether oxygens (including phenoxy) is 1. The van der Waals surface area contributed by atoms with Crippen molar-refractivity contribution < 1.29 is 14.6 Å². The number of aliphatic hydroxyl groups is 1. The van der Waals surface area contributed by atoms with Crippen molar-refractivity contribution in [2.24, 2.45) is 0 Å². The number of hydrogen-bond acceptors (Lipinski definition) is 4. The van der Waals surface area contributed by atoms with E-state index in [0.29, 0.717) is 6.61 Å². The van der Waals surface area contributed by atoms with E-state index in [4.69, 9.17) is 15.1 Å². The molecule has 0 rings (SSSR count). The van der Waals surface area contributed by atoms with Gasteiger partial charge in [-0.3, -0.25) is 4.79 Å². The summed E-state index contributed by atoms with van der Waals surface area (Å²) >= 11 is 0. The summed E-state index contributed by atoms with van der Waals surface area (Å²) in [5.74, 6) is -0.445. The molecule has 0 aromatic heterocycles. The topological polar surface area (TPSA) is 70.3 Å². The second-order valence-electron chi connectivity index (χ2n) is 2.44. The fourth-order valence-electron chi connectivity index (χ4n) is 0.645. The van der Waals surface area contributed by atoms with Crippen LogP contribution in [0.1, 0.15) is 26.2 Å². The van der Waals surface area contributed by atoms with Crippen molar-refractivity contribution in [1.29, 1.82) is 5.26 Å². The average Bonchev–Trinajstić information content (AvgIpc) is 2.01. The Morgan fingerprint density at radius 3 is 2.92 bits per heavy atom. The molecule has 1 atom stereocenters. The molecular formula is C8H13NO3. The quantitative estimate of drug-likeness (QED) is 0.615. The molecule has 0 saturated heterocycles. The summed E-state index contributed by atoms with van der Waals surface area (Å²) in [4.78, 5) is 10.8. The molecule has 0 amide bonds. The van der Waals surface area contributed by atoms with Crippen LogP contribution in [-0.2, 0) is 9.53 Å². The first-order valence-electron chi connectivity index (χ1n) is 3.91. The fraction of sp³-hybridized carbons (Fsp3) is 0.750. The SMILES string of the molecule is CCCOC(=O)CC(O)CC#N. The zero-order chi connectivity index (χ0) is 9.40. The van der Waals surface area contributed by atoms with Gasteiger partial charge in [-0.05, 0) is 6.42 Å². The van der Waals surface area contributed by atoms with Gasteiger partial charge in [-0.1, -0.05) is 6.92 Å². The maximum Gasteiger partial charge on any atom is 0.308 e. The van der Waals surface area contributed by atoms with Crippen molar-refractivity contribution >= 4 is 5.97 Å². The van der Waals surface area contributed by atoms with Crippen LogP contribution in [0.3, 0.4) is 0 Å². The predicted octanol–water partition coefficient (Wildman–Crippen LogP) is 0.604. The first-order chi connectivity index (χ1) is 5.70. The van der Waals surface area contributed by atoms with Crippen molar-refractivity contribution in [2.75, 3.05) is 6.61 Å². The molecule has 0 spiro atoms. The summed E-state index contributed by atoms with van der Waals surface area (Å²) in [5.41, 5.74) is 0. The molecule has 0 radical (unpaired) electrons. The Kier molecular flexibility index (Phi) is 6.02. The lowest BCUT2D eigenvalue weighted by atomic mass is 10.2.